The minimum atomic E-state index is -1.15. The number of nitrogens with zero attached hydrogens (tertiary/aromatic N) is 1. The van der Waals surface area contributed by atoms with E-state index in [0.29, 0.717) is 16.3 Å². The first-order valence-electron chi connectivity index (χ1n) is 7.31. The summed E-state index contributed by atoms with van der Waals surface area (Å²) in [4.78, 5) is 34.6. The number of anilines is 1. The van der Waals surface area contributed by atoms with Crippen molar-refractivity contribution in [3.05, 3.63) is 68.7 Å². The molecule has 7 nitrogen and oxygen atoms in total. The topological polar surface area (TPSA) is 98.5 Å². The number of ether oxygens (including phenoxy) is 1. The van der Waals surface area contributed by atoms with Gasteiger partial charge in [0.05, 0.1) is 4.92 Å². The van der Waals surface area contributed by atoms with Crippen LogP contribution in [-0.4, -0.2) is 22.9 Å². The van der Waals surface area contributed by atoms with Crippen molar-refractivity contribution in [3.8, 4) is 0 Å². The number of nitro groups is 1. The van der Waals surface area contributed by atoms with E-state index >= 15 is 0 Å². The number of carbonyl (C=O) groups excluding carboxylic acids is 2. The van der Waals surface area contributed by atoms with Gasteiger partial charge < -0.3 is 10.1 Å². The fraction of sp³-hybridized carbons (Fsp3) is 0.176. The summed E-state index contributed by atoms with van der Waals surface area (Å²) in [6.45, 7) is 3.11. The fourth-order valence-corrected chi connectivity index (χ4v) is 2.23. The molecule has 0 unspecified atom stereocenters. The lowest BCUT2D eigenvalue weighted by atomic mass is 10.2. The first kappa shape index (κ1) is 18.4. The second-order valence-electron chi connectivity index (χ2n) is 5.22. The third-order valence-corrected chi connectivity index (χ3v) is 3.91. The summed E-state index contributed by atoms with van der Waals surface area (Å²) >= 11 is 5.99. The van der Waals surface area contributed by atoms with Gasteiger partial charge in [0, 0.05) is 16.8 Å². The van der Waals surface area contributed by atoms with E-state index < -0.39 is 22.9 Å². The molecule has 2 rings (SSSR count). The van der Waals surface area contributed by atoms with E-state index in [1.807, 2.05) is 0 Å². The molecule has 0 radical (unpaired) electrons. The molecule has 8 heteroatoms. The van der Waals surface area contributed by atoms with Gasteiger partial charge in [-0.25, -0.2) is 4.79 Å². The van der Waals surface area contributed by atoms with Gasteiger partial charge in [-0.05, 0) is 37.6 Å². The molecule has 0 heterocycles. The molecule has 0 aliphatic carbocycles. The van der Waals surface area contributed by atoms with Crippen molar-refractivity contribution >= 4 is 34.9 Å². The molecule has 0 saturated heterocycles. The third kappa shape index (κ3) is 4.33. The number of carbonyl (C=O) groups is 2. The first-order chi connectivity index (χ1) is 11.8. The number of rotatable bonds is 5. The highest BCUT2D eigenvalue weighted by molar-refractivity contribution is 6.31. The van der Waals surface area contributed by atoms with E-state index in [2.05, 4.69) is 5.32 Å². The standard InChI is InChI=1S/C17H15ClN2O5/c1-10-13(18)7-5-8-14(10)19-16(21)11(2)25-17(22)12-6-3-4-9-15(12)20(23)24/h3-9,11H,1-2H3,(H,19,21)/t11-/m0/s1. The number of nitrogens with one attached hydrogen (secondary N) is 1. The van der Waals surface area contributed by atoms with Gasteiger partial charge in [0.1, 0.15) is 5.56 Å². The quantitative estimate of drug-likeness (QED) is 0.496. The van der Waals surface area contributed by atoms with Crippen LogP contribution >= 0.6 is 11.6 Å². The molecular formula is C17H15ClN2O5. The van der Waals surface area contributed by atoms with E-state index in [4.69, 9.17) is 16.3 Å². The van der Waals surface area contributed by atoms with Crippen LogP contribution in [0.2, 0.25) is 5.02 Å². The zero-order valence-corrected chi connectivity index (χ0v) is 14.2. The Morgan fingerprint density at radius 3 is 2.56 bits per heavy atom. The number of hydrogen-bond donors (Lipinski definition) is 1. The van der Waals surface area contributed by atoms with Crippen LogP contribution in [0.3, 0.4) is 0 Å². The smallest absolute Gasteiger partial charge is 0.345 e. The molecule has 1 amide bonds. The van der Waals surface area contributed by atoms with E-state index in [0.717, 1.165) is 0 Å². The minimum Gasteiger partial charge on any atom is -0.449 e. The summed E-state index contributed by atoms with van der Waals surface area (Å²) in [5.74, 6) is -1.52. The maximum absolute atomic E-state index is 12.2. The second kappa shape index (κ2) is 7.76. The Morgan fingerprint density at radius 2 is 1.88 bits per heavy atom. The zero-order valence-electron chi connectivity index (χ0n) is 13.5. The van der Waals surface area contributed by atoms with Crippen LogP contribution in [0, 0.1) is 17.0 Å². The molecule has 25 heavy (non-hydrogen) atoms. The van der Waals surface area contributed by atoms with E-state index in [9.17, 15) is 19.7 Å². The average Bonchev–Trinajstić information content (AvgIpc) is 2.58. The molecule has 1 atom stereocenters. The van der Waals surface area contributed by atoms with Gasteiger partial charge in [-0.3, -0.25) is 14.9 Å². The van der Waals surface area contributed by atoms with Gasteiger partial charge in [0.2, 0.25) is 0 Å². The Balaban J connectivity index is 2.10. The Labute approximate surface area is 148 Å². The van der Waals surface area contributed by atoms with Gasteiger partial charge >= 0.3 is 5.97 Å². The molecule has 0 bridgehead atoms. The maximum Gasteiger partial charge on any atom is 0.345 e. The highest BCUT2D eigenvalue weighted by atomic mass is 35.5. The number of hydrogen-bond acceptors (Lipinski definition) is 5. The maximum atomic E-state index is 12.2. The van der Waals surface area contributed by atoms with Crippen molar-refractivity contribution in [1.29, 1.82) is 0 Å². The number of amides is 1. The molecule has 0 saturated carbocycles. The number of para-hydroxylation sites is 1. The summed E-state index contributed by atoms with van der Waals surface area (Å²) in [5.41, 5.74) is 0.567. The lowest BCUT2D eigenvalue weighted by molar-refractivity contribution is -0.385. The van der Waals surface area contributed by atoms with Crippen molar-refractivity contribution in [2.24, 2.45) is 0 Å². The van der Waals surface area contributed by atoms with E-state index in [-0.39, 0.29) is 11.3 Å². The van der Waals surface area contributed by atoms with Crippen molar-refractivity contribution < 1.29 is 19.2 Å². The largest absolute Gasteiger partial charge is 0.449 e. The second-order valence-corrected chi connectivity index (χ2v) is 5.63. The molecule has 130 valence electrons. The molecule has 2 aromatic rings. The van der Waals surface area contributed by atoms with Gasteiger partial charge in [-0.1, -0.05) is 29.8 Å². The fourth-order valence-electron chi connectivity index (χ4n) is 2.06. The number of nitro benzene ring substituents is 1. The van der Waals surface area contributed by atoms with Gasteiger partial charge in [0.15, 0.2) is 6.10 Å². The lowest BCUT2D eigenvalue weighted by Crippen LogP contribution is -2.30. The Bertz CT molecular complexity index is 838. The predicted octanol–water partition coefficient (Wildman–Crippen LogP) is 3.74. The molecule has 1 N–H and O–H groups in total. The predicted molar refractivity (Wildman–Crippen MR) is 92.8 cm³/mol. The minimum absolute atomic E-state index is 0.217. The molecule has 0 spiro atoms. The summed E-state index contributed by atoms with van der Waals surface area (Å²) in [6.07, 6.45) is -1.15. The Morgan fingerprint density at radius 1 is 1.20 bits per heavy atom. The Kier molecular flexibility index (Phi) is 5.71. The first-order valence-corrected chi connectivity index (χ1v) is 7.69. The van der Waals surface area contributed by atoms with Crippen molar-refractivity contribution in [2.45, 2.75) is 20.0 Å². The van der Waals surface area contributed by atoms with Gasteiger partial charge in [0.25, 0.3) is 11.6 Å². The van der Waals surface area contributed by atoms with Crippen LogP contribution in [0.1, 0.15) is 22.8 Å². The number of benzene rings is 2. The van der Waals surface area contributed by atoms with Crippen molar-refractivity contribution in [1.82, 2.24) is 0 Å². The molecule has 0 fully saturated rings. The van der Waals surface area contributed by atoms with Crippen LogP contribution in [-0.2, 0) is 9.53 Å². The van der Waals surface area contributed by atoms with Crippen molar-refractivity contribution in [2.75, 3.05) is 5.32 Å². The molecule has 0 aliphatic rings. The van der Waals surface area contributed by atoms with Gasteiger partial charge in [-0.2, -0.15) is 0 Å². The molecular weight excluding hydrogens is 348 g/mol. The Hall–Kier alpha value is -2.93. The van der Waals surface area contributed by atoms with Crippen LogP contribution in [0.5, 0.6) is 0 Å². The third-order valence-electron chi connectivity index (χ3n) is 3.50. The van der Waals surface area contributed by atoms with E-state index in [1.165, 1.54) is 31.2 Å². The van der Waals surface area contributed by atoms with E-state index in [1.54, 1.807) is 25.1 Å². The van der Waals surface area contributed by atoms with Crippen LogP contribution in [0.25, 0.3) is 0 Å². The highest BCUT2D eigenvalue weighted by Crippen LogP contribution is 2.23. The number of esters is 1. The zero-order chi connectivity index (χ0) is 18.6. The van der Waals surface area contributed by atoms with Crippen LogP contribution in [0.15, 0.2) is 42.5 Å². The highest BCUT2D eigenvalue weighted by Gasteiger charge is 2.25. The summed E-state index contributed by atoms with van der Waals surface area (Å²) in [5, 5.41) is 14.1. The van der Waals surface area contributed by atoms with Gasteiger partial charge in [-0.15, -0.1) is 0 Å². The SMILES string of the molecule is Cc1c(Cl)cccc1NC(=O)[C@H](C)OC(=O)c1ccccc1[N+](=O)[O-]. The van der Waals surface area contributed by atoms with Crippen molar-refractivity contribution in [3.63, 3.8) is 0 Å². The molecule has 0 aromatic heterocycles. The average molecular weight is 363 g/mol. The summed E-state index contributed by atoms with van der Waals surface area (Å²) < 4.78 is 5.04. The number of halogens is 1. The summed E-state index contributed by atoms with van der Waals surface area (Å²) in [6, 6.07) is 10.4. The lowest BCUT2D eigenvalue weighted by Gasteiger charge is -2.15. The van der Waals surface area contributed by atoms with Crippen LogP contribution < -0.4 is 5.32 Å². The monoisotopic (exact) mass is 362 g/mol. The normalized spacial score (nSPS) is 11.5. The molecule has 0 aliphatic heterocycles. The van der Waals surface area contributed by atoms with Crippen LogP contribution in [0.4, 0.5) is 11.4 Å². The molecule has 2 aromatic carbocycles. The summed E-state index contributed by atoms with van der Waals surface area (Å²) in [7, 11) is 0.